The van der Waals surface area contributed by atoms with E-state index in [2.05, 4.69) is 11.0 Å². The van der Waals surface area contributed by atoms with Crippen LogP contribution in [-0.4, -0.2) is 20.1 Å². The molecule has 0 aliphatic carbocycles. The van der Waals surface area contributed by atoms with Gasteiger partial charge in [0, 0.05) is 30.8 Å². The molecule has 1 rings (SSSR count). The molecule has 0 saturated heterocycles. The van der Waals surface area contributed by atoms with Gasteiger partial charge in [0.05, 0.1) is 0 Å². The van der Waals surface area contributed by atoms with E-state index in [1.165, 1.54) is 0 Å². The molecule has 3 heteroatoms. The molecule has 0 radical (unpaired) electrons. The minimum atomic E-state index is 0.133. The Morgan fingerprint density at radius 2 is 2.07 bits per heavy atom. The zero-order valence-corrected chi connectivity index (χ0v) is 9.67. The first-order valence-corrected chi connectivity index (χ1v) is 5.10. The fraction of sp³-hybridized carbons (Fsp3) is 0.455. The van der Waals surface area contributed by atoms with Crippen LogP contribution in [-0.2, 0) is 6.42 Å². The van der Waals surface area contributed by atoms with Crippen molar-refractivity contribution in [2.24, 2.45) is 5.73 Å². The third kappa shape index (κ3) is 2.63. The van der Waals surface area contributed by atoms with E-state index in [0.717, 1.165) is 22.7 Å². The standard InChI is InChI=1S/C11H17ClN2/c1-8(13)7-9-10(12)5-4-6-11(9)14(2)3/h4-6,8H,7,13H2,1-3H3. The quantitative estimate of drug-likeness (QED) is 0.833. The van der Waals surface area contributed by atoms with E-state index in [0.29, 0.717) is 0 Å². The predicted octanol–water partition coefficient (Wildman–Crippen LogP) is 2.30. The van der Waals surface area contributed by atoms with Crippen LogP contribution in [0, 0.1) is 0 Å². The van der Waals surface area contributed by atoms with Gasteiger partial charge in [0.1, 0.15) is 0 Å². The smallest absolute Gasteiger partial charge is 0.0459 e. The molecule has 78 valence electrons. The molecular weight excluding hydrogens is 196 g/mol. The summed E-state index contributed by atoms with van der Waals surface area (Å²) in [6, 6.07) is 6.06. The molecule has 1 aromatic carbocycles. The lowest BCUT2D eigenvalue weighted by Gasteiger charge is -2.19. The van der Waals surface area contributed by atoms with Crippen molar-refractivity contribution in [3.05, 3.63) is 28.8 Å². The molecule has 0 fully saturated rings. The van der Waals surface area contributed by atoms with E-state index >= 15 is 0 Å². The maximum absolute atomic E-state index is 6.14. The van der Waals surface area contributed by atoms with Gasteiger partial charge in [-0.05, 0) is 31.0 Å². The summed E-state index contributed by atoms with van der Waals surface area (Å²) >= 11 is 6.14. The Bertz CT molecular complexity index is 308. The summed E-state index contributed by atoms with van der Waals surface area (Å²) in [5.41, 5.74) is 8.07. The van der Waals surface area contributed by atoms with Crippen LogP contribution in [0.2, 0.25) is 5.02 Å². The van der Waals surface area contributed by atoms with Gasteiger partial charge in [-0.3, -0.25) is 0 Å². The average molecular weight is 213 g/mol. The number of benzene rings is 1. The maximum Gasteiger partial charge on any atom is 0.0459 e. The minimum Gasteiger partial charge on any atom is -0.377 e. The fourth-order valence-electron chi connectivity index (χ4n) is 1.49. The Kier molecular flexibility index (Phi) is 3.78. The van der Waals surface area contributed by atoms with Crippen LogP contribution in [0.1, 0.15) is 12.5 Å². The Balaban J connectivity index is 3.09. The number of hydrogen-bond donors (Lipinski definition) is 1. The van der Waals surface area contributed by atoms with Crippen LogP contribution < -0.4 is 10.6 Å². The topological polar surface area (TPSA) is 29.3 Å². The minimum absolute atomic E-state index is 0.133. The SMILES string of the molecule is CC(N)Cc1c(Cl)cccc1N(C)C. The highest BCUT2D eigenvalue weighted by molar-refractivity contribution is 6.31. The van der Waals surface area contributed by atoms with Crippen molar-refractivity contribution in [3.8, 4) is 0 Å². The molecule has 0 aromatic heterocycles. The number of anilines is 1. The zero-order valence-electron chi connectivity index (χ0n) is 8.92. The summed E-state index contributed by atoms with van der Waals surface area (Å²) in [6.45, 7) is 1.99. The van der Waals surface area contributed by atoms with Crippen LogP contribution in [0.5, 0.6) is 0 Å². The third-order valence-electron chi connectivity index (χ3n) is 2.10. The van der Waals surface area contributed by atoms with Gasteiger partial charge in [-0.1, -0.05) is 17.7 Å². The van der Waals surface area contributed by atoms with Crippen LogP contribution in [0.3, 0.4) is 0 Å². The monoisotopic (exact) mass is 212 g/mol. The van der Waals surface area contributed by atoms with Crippen LogP contribution in [0.15, 0.2) is 18.2 Å². The van der Waals surface area contributed by atoms with Gasteiger partial charge >= 0.3 is 0 Å². The second-order valence-corrected chi connectivity index (χ2v) is 4.22. The lowest BCUT2D eigenvalue weighted by atomic mass is 10.0. The first-order chi connectivity index (χ1) is 6.52. The van der Waals surface area contributed by atoms with Crippen LogP contribution in [0.4, 0.5) is 5.69 Å². The largest absolute Gasteiger partial charge is 0.377 e. The zero-order chi connectivity index (χ0) is 10.7. The Labute approximate surface area is 90.7 Å². The molecule has 1 unspecified atom stereocenters. The van der Waals surface area contributed by atoms with Gasteiger partial charge in [-0.2, -0.15) is 0 Å². The maximum atomic E-state index is 6.14. The molecule has 0 heterocycles. The Hall–Kier alpha value is -0.730. The highest BCUT2D eigenvalue weighted by Crippen LogP contribution is 2.27. The van der Waals surface area contributed by atoms with Crippen LogP contribution in [0.25, 0.3) is 0 Å². The van der Waals surface area contributed by atoms with Gasteiger partial charge in [0.25, 0.3) is 0 Å². The van der Waals surface area contributed by atoms with Gasteiger partial charge < -0.3 is 10.6 Å². The van der Waals surface area contributed by atoms with Crippen LogP contribution >= 0.6 is 11.6 Å². The summed E-state index contributed by atoms with van der Waals surface area (Å²) < 4.78 is 0. The van der Waals surface area contributed by atoms with Gasteiger partial charge in [-0.25, -0.2) is 0 Å². The Morgan fingerprint density at radius 1 is 1.43 bits per heavy atom. The molecule has 14 heavy (non-hydrogen) atoms. The van der Waals surface area contributed by atoms with Gasteiger partial charge in [0.2, 0.25) is 0 Å². The summed E-state index contributed by atoms with van der Waals surface area (Å²) in [7, 11) is 4.02. The van der Waals surface area contributed by atoms with Crippen molar-refractivity contribution in [3.63, 3.8) is 0 Å². The molecule has 0 spiro atoms. The Morgan fingerprint density at radius 3 is 2.57 bits per heavy atom. The molecule has 0 bridgehead atoms. The number of halogens is 1. The first kappa shape index (κ1) is 11.3. The highest BCUT2D eigenvalue weighted by atomic mass is 35.5. The molecule has 2 N–H and O–H groups in total. The van der Waals surface area contributed by atoms with Crippen molar-refractivity contribution in [2.75, 3.05) is 19.0 Å². The number of nitrogens with zero attached hydrogens (tertiary/aromatic N) is 1. The second-order valence-electron chi connectivity index (χ2n) is 3.81. The van der Waals surface area contributed by atoms with E-state index in [-0.39, 0.29) is 6.04 Å². The van der Waals surface area contributed by atoms with Gasteiger partial charge in [-0.15, -0.1) is 0 Å². The second kappa shape index (κ2) is 4.67. The van der Waals surface area contributed by atoms with Crippen molar-refractivity contribution >= 4 is 17.3 Å². The van der Waals surface area contributed by atoms with Crippen molar-refractivity contribution in [1.82, 2.24) is 0 Å². The molecular formula is C11H17ClN2. The average Bonchev–Trinajstić information content (AvgIpc) is 2.07. The fourth-order valence-corrected chi connectivity index (χ4v) is 1.74. The summed E-state index contributed by atoms with van der Waals surface area (Å²) in [5, 5.41) is 0.800. The van der Waals surface area contributed by atoms with Crippen molar-refractivity contribution in [1.29, 1.82) is 0 Å². The molecule has 0 aliphatic heterocycles. The molecule has 1 aromatic rings. The normalized spacial score (nSPS) is 12.6. The highest BCUT2D eigenvalue weighted by Gasteiger charge is 2.09. The van der Waals surface area contributed by atoms with E-state index in [4.69, 9.17) is 17.3 Å². The lowest BCUT2D eigenvalue weighted by molar-refractivity contribution is 0.737. The molecule has 0 aliphatic rings. The summed E-state index contributed by atoms with van der Waals surface area (Å²) in [4.78, 5) is 2.06. The summed E-state index contributed by atoms with van der Waals surface area (Å²) in [5.74, 6) is 0. The van der Waals surface area contributed by atoms with Crippen molar-refractivity contribution < 1.29 is 0 Å². The molecule has 2 nitrogen and oxygen atoms in total. The van der Waals surface area contributed by atoms with Gasteiger partial charge in [0.15, 0.2) is 0 Å². The predicted molar refractivity (Wildman–Crippen MR) is 63.1 cm³/mol. The van der Waals surface area contributed by atoms with E-state index in [1.807, 2.05) is 33.2 Å². The molecule has 0 saturated carbocycles. The number of nitrogens with two attached hydrogens (primary N) is 1. The molecule has 1 atom stereocenters. The van der Waals surface area contributed by atoms with E-state index < -0.39 is 0 Å². The number of hydrogen-bond acceptors (Lipinski definition) is 2. The van der Waals surface area contributed by atoms with E-state index in [1.54, 1.807) is 0 Å². The summed E-state index contributed by atoms with van der Waals surface area (Å²) in [6.07, 6.45) is 0.813. The lowest BCUT2D eigenvalue weighted by Crippen LogP contribution is -2.20. The first-order valence-electron chi connectivity index (χ1n) is 4.72. The number of rotatable bonds is 3. The third-order valence-corrected chi connectivity index (χ3v) is 2.46. The van der Waals surface area contributed by atoms with E-state index in [9.17, 15) is 0 Å². The molecule has 0 amide bonds. The van der Waals surface area contributed by atoms with Crippen molar-refractivity contribution in [2.45, 2.75) is 19.4 Å².